The molecule has 0 amide bonds. The molecule has 0 atom stereocenters. The minimum absolute atomic E-state index is 0.302. The second-order valence-corrected chi connectivity index (χ2v) is 4.21. The number of aryl methyl sites for hydroxylation is 1. The summed E-state index contributed by atoms with van der Waals surface area (Å²) in [4.78, 5) is 4.19. The predicted octanol–water partition coefficient (Wildman–Crippen LogP) is 3.04. The number of rotatable bonds is 4. The molecule has 4 heteroatoms. The Kier molecular flexibility index (Phi) is 4.02. The number of nitrogens with one attached hydrogen (secondary N) is 1. The van der Waals surface area contributed by atoms with Crippen LogP contribution in [0.3, 0.4) is 0 Å². The van der Waals surface area contributed by atoms with Gasteiger partial charge in [0.25, 0.3) is 0 Å². The van der Waals surface area contributed by atoms with Crippen LogP contribution in [-0.4, -0.2) is 22.3 Å². The molecule has 0 radical (unpaired) electrons. The van der Waals surface area contributed by atoms with Crippen molar-refractivity contribution in [2.75, 3.05) is 17.1 Å². The van der Waals surface area contributed by atoms with E-state index in [1.165, 1.54) is 0 Å². The van der Waals surface area contributed by atoms with Crippen LogP contribution in [0.25, 0.3) is 0 Å². The first-order chi connectivity index (χ1) is 6.59. The Labute approximate surface area is 94.6 Å². The molecule has 1 aromatic heterocycles. The molecule has 0 unspecified atom stereocenters. The zero-order valence-corrected chi connectivity index (χ0v) is 9.86. The first-order valence-electron chi connectivity index (χ1n) is 4.42. The van der Waals surface area contributed by atoms with Crippen LogP contribution in [0.2, 0.25) is 0 Å². The lowest BCUT2D eigenvalue weighted by molar-refractivity contribution is 0.645. The summed E-state index contributed by atoms with van der Waals surface area (Å²) in [5.41, 5.74) is 0.859. The molecule has 0 aliphatic rings. The van der Waals surface area contributed by atoms with E-state index in [9.17, 15) is 0 Å². The highest BCUT2D eigenvalue weighted by Gasteiger charge is 2.21. The third kappa shape index (κ3) is 3.03. The monoisotopic (exact) mass is 232 g/mol. The van der Waals surface area contributed by atoms with Gasteiger partial charge in [-0.15, -0.1) is 23.2 Å². The molecule has 1 aromatic rings. The lowest BCUT2D eigenvalue weighted by Crippen LogP contribution is -2.39. The van der Waals surface area contributed by atoms with E-state index in [0.29, 0.717) is 11.8 Å². The predicted molar refractivity (Wildman–Crippen MR) is 62.4 cm³/mol. The minimum atomic E-state index is -0.302. The largest absolute Gasteiger partial charge is 0.363 e. The van der Waals surface area contributed by atoms with E-state index in [0.717, 1.165) is 11.4 Å². The number of alkyl halides is 2. The summed E-state index contributed by atoms with van der Waals surface area (Å²) in [6.45, 7) is 3.99. The molecule has 1 heterocycles. The summed E-state index contributed by atoms with van der Waals surface area (Å²) >= 11 is 11.6. The number of hydrogen-bond acceptors (Lipinski definition) is 2. The van der Waals surface area contributed by atoms with Crippen molar-refractivity contribution in [3.05, 3.63) is 23.9 Å². The fraction of sp³-hybridized carbons (Fsp3) is 0.500. The standard InChI is InChI=1S/C10H14Cl2N2/c1-8-3-4-13-9(5-8)14-10(2,6-11)7-12/h3-5H,6-7H2,1-2H3,(H,13,14). The second kappa shape index (κ2) is 4.85. The third-order valence-corrected chi connectivity index (χ3v) is 3.11. The van der Waals surface area contributed by atoms with Gasteiger partial charge in [0.15, 0.2) is 0 Å². The van der Waals surface area contributed by atoms with Gasteiger partial charge < -0.3 is 5.32 Å². The molecule has 2 nitrogen and oxygen atoms in total. The van der Waals surface area contributed by atoms with E-state index in [1.54, 1.807) is 6.20 Å². The van der Waals surface area contributed by atoms with Gasteiger partial charge in [-0.2, -0.15) is 0 Å². The molecule has 0 aliphatic carbocycles. The van der Waals surface area contributed by atoms with Gasteiger partial charge in [-0.25, -0.2) is 4.98 Å². The van der Waals surface area contributed by atoms with Gasteiger partial charge >= 0.3 is 0 Å². The van der Waals surface area contributed by atoms with Crippen molar-refractivity contribution in [2.24, 2.45) is 0 Å². The second-order valence-electron chi connectivity index (χ2n) is 3.67. The Hall–Kier alpha value is -0.470. The Balaban J connectivity index is 2.77. The fourth-order valence-electron chi connectivity index (χ4n) is 1.02. The number of pyridine rings is 1. The van der Waals surface area contributed by atoms with Gasteiger partial charge in [0.2, 0.25) is 0 Å². The average molecular weight is 233 g/mol. The van der Waals surface area contributed by atoms with Crippen LogP contribution in [0.5, 0.6) is 0 Å². The van der Waals surface area contributed by atoms with Crippen molar-refractivity contribution in [1.29, 1.82) is 0 Å². The van der Waals surface area contributed by atoms with Crippen molar-refractivity contribution in [3.8, 4) is 0 Å². The normalized spacial score (nSPS) is 11.4. The molecular weight excluding hydrogens is 219 g/mol. The molecule has 0 saturated carbocycles. The van der Waals surface area contributed by atoms with Crippen molar-refractivity contribution in [3.63, 3.8) is 0 Å². The first kappa shape index (κ1) is 11.6. The Morgan fingerprint density at radius 3 is 2.57 bits per heavy atom. The smallest absolute Gasteiger partial charge is 0.126 e. The highest BCUT2D eigenvalue weighted by Crippen LogP contribution is 2.17. The number of hydrogen-bond donors (Lipinski definition) is 1. The summed E-state index contributed by atoms with van der Waals surface area (Å²) in [5.74, 6) is 1.71. The maximum absolute atomic E-state index is 5.82. The molecule has 78 valence electrons. The molecule has 1 N–H and O–H groups in total. The van der Waals surface area contributed by atoms with Gasteiger partial charge in [0.1, 0.15) is 5.82 Å². The van der Waals surface area contributed by atoms with Crippen LogP contribution >= 0.6 is 23.2 Å². The summed E-state index contributed by atoms with van der Waals surface area (Å²) in [7, 11) is 0. The van der Waals surface area contributed by atoms with E-state index in [4.69, 9.17) is 23.2 Å². The molecule has 0 bridgehead atoms. The zero-order chi connectivity index (χ0) is 10.6. The quantitative estimate of drug-likeness (QED) is 0.808. The van der Waals surface area contributed by atoms with Gasteiger partial charge in [-0.3, -0.25) is 0 Å². The molecule has 0 fully saturated rings. The van der Waals surface area contributed by atoms with E-state index >= 15 is 0 Å². The topological polar surface area (TPSA) is 24.9 Å². The van der Waals surface area contributed by atoms with Gasteiger partial charge in [0.05, 0.1) is 5.54 Å². The zero-order valence-electron chi connectivity index (χ0n) is 8.35. The van der Waals surface area contributed by atoms with Gasteiger partial charge in [-0.1, -0.05) is 0 Å². The summed E-state index contributed by atoms with van der Waals surface area (Å²) in [6.07, 6.45) is 1.76. The van der Waals surface area contributed by atoms with Crippen LogP contribution < -0.4 is 5.32 Å². The maximum atomic E-state index is 5.82. The van der Waals surface area contributed by atoms with Crippen LogP contribution in [0.1, 0.15) is 12.5 Å². The number of anilines is 1. The summed E-state index contributed by atoms with van der Waals surface area (Å²) in [6, 6.07) is 3.92. The Morgan fingerprint density at radius 1 is 1.43 bits per heavy atom. The van der Waals surface area contributed by atoms with Crippen molar-refractivity contribution in [2.45, 2.75) is 19.4 Å². The Bertz CT molecular complexity index is 298. The molecule has 0 aliphatic heterocycles. The van der Waals surface area contributed by atoms with Crippen LogP contribution in [-0.2, 0) is 0 Å². The molecule has 1 rings (SSSR count). The fourth-order valence-corrected chi connectivity index (χ4v) is 1.44. The summed E-state index contributed by atoms with van der Waals surface area (Å²) < 4.78 is 0. The van der Waals surface area contributed by atoms with E-state index < -0.39 is 0 Å². The molecule has 0 saturated heterocycles. The maximum Gasteiger partial charge on any atom is 0.126 e. The number of halogens is 2. The van der Waals surface area contributed by atoms with E-state index in [1.807, 2.05) is 26.0 Å². The lowest BCUT2D eigenvalue weighted by atomic mass is 10.1. The van der Waals surface area contributed by atoms with Gasteiger partial charge in [0, 0.05) is 18.0 Å². The SMILES string of the molecule is Cc1ccnc(NC(C)(CCl)CCl)c1. The lowest BCUT2D eigenvalue weighted by Gasteiger charge is -2.26. The molecule has 0 aromatic carbocycles. The van der Waals surface area contributed by atoms with Crippen molar-refractivity contribution in [1.82, 2.24) is 4.98 Å². The molecule has 14 heavy (non-hydrogen) atoms. The van der Waals surface area contributed by atoms with E-state index in [2.05, 4.69) is 10.3 Å². The van der Waals surface area contributed by atoms with Crippen LogP contribution in [0.15, 0.2) is 18.3 Å². The Morgan fingerprint density at radius 2 is 2.07 bits per heavy atom. The van der Waals surface area contributed by atoms with Crippen molar-refractivity contribution < 1.29 is 0 Å². The first-order valence-corrected chi connectivity index (χ1v) is 5.49. The summed E-state index contributed by atoms with van der Waals surface area (Å²) in [5, 5.41) is 3.22. The molecule has 0 spiro atoms. The highest BCUT2D eigenvalue weighted by atomic mass is 35.5. The van der Waals surface area contributed by atoms with Crippen LogP contribution in [0.4, 0.5) is 5.82 Å². The third-order valence-electron chi connectivity index (χ3n) is 1.94. The molecular formula is C10H14Cl2N2. The highest BCUT2D eigenvalue weighted by molar-refractivity contribution is 6.22. The minimum Gasteiger partial charge on any atom is -0.363 e. The van der Waals surface area contributed by atoms with Crippen molar-refractivity contribution >= 4 is 29.0 Å². The van der Waals surface area contributed by atoms with Gasteiger partial charge in [-0.05, 0) is 31.5 Å². The average Bonchev–Trinajstić information content (AvgIpc) is 2.18. The number of aromatic nitrogens is 1. The van der Waals surface area contributed by atoms with Crippen LogP contribution in [0, 0.1) is 6.92 Å². The number of nitrogens with zero attached hydrogens (tertiary/aromatic N) is 1. The van der Waals surface area contributed by atoms with E-state index in [-0.39, 0.29) is 5.54 Å².